The minimum atomic E-state index is -3.42. The van der Waals surface area contributed by atoms with Gasteiger partial charge in [0.15, 0.2) is 9.84 Å². The van der Waals surface area contributed by atoms with Crippen molar-refractivity contribution in [3.63, 3.8) is 0 Å². The maximum atomic E-state index is 12.1. The van der Waals surface area contributed by atoms with Crippen LogP contribution >= 0.6 is 0 Å². The van der Waals surface area contributed by atoms with Crippen LogP contribution in [0.15, 0.2) is 18.9 Å². The predicted molar refractivity (Wildman–Crippen MR) is 95.4 cm³/mol. The zero-order chi connectivity index (χ0) is 18.4. The van der Waals surface area contributed by atoms with Crippen LogP contribution in [-0.4, -0.2) is 78.8 Å². The van der Waals surface area contributed by atoms with Gasteiger partial charge in [-0.05, 0) is 6.92 Å². The van der Waals surface area contributed by atoms with E-state index in [0.717, 1.165) is 17.5 Å². The summed E-state index contributed by atoms with van der Waals surface area (Å²) in [6, 6.07) is -0.812. The van der Waals surface area contributed by atoms with Crippen LogP contribution < -0.4 is 0 Å². The molecule has 0 aromatic carbocycles. The Kier molecular flexibility index (Phi) is 4.82. The first kappa shape index (κ1) is 18.6. The molecule has 140 valence electrons. The van der Waals surface area contributed by atoms with Crippen molar-refractivity contribution in [2.24, 2.45) is 0 Å². The maximum absolute atomic E-state index is 12.1. The Morgan fingerprint density at radius 2 is 2.00 bits per heavy atom. The van der Waals surface area contributed by atoms with E-state index in [-0.39, 0.29) is 17.5 Å². The van der Waals surface area contributed by atoms with Gasteiger partial charge in [-0.25, -0.2) is 16.8 Å². The second kappa shape index (κ2) is 6.49. The largest absolute Gasteiger partial charge is 0.292 e. The highest BCUT2D eigenvalue weighted by atomic mass is 32.2. The summed E-state index contributed by atoms with van der Waals surface area (Å²) >= 11 is 0. The summed E-state index contributed by atoms with van der Waals surface area (Å²) in [5.74, 6) is -0.0977. The molecular weight excluding hydrogens is 364 g/mol. The van der Waals surface area contributed by atoms with Gasteiger partial charge in [0.1, 0.15) is 0 Å². The number of hydrogen-bond donors (Lipinski definition) is 0. The molecule has 0 spiro atoms. The van der Waals surface area contributed by atoms with E-state index < -0.39 is 25.9 Å². The first-order chi connectivity index (χ1) is 11.6. The van der Waals surface area contributed by atoms with E-state index in [2.05, 4.69) is 16.6 Å². The van der Waals surface area contributed by atoms with E-state index in [0.29, 0.717) is 26.2 Å². The van der Waals surface area contributed by atoms with Crippen molar-refractivity contribution in [3.8, 4) is 0 Å². The monoisotopic (exact) mass is 388 g/mol. The average molecular weight is 389 g/mol. The summed E-state index contributed by atoms with van der Waals surface area (Å²) in [4.78, 5) is 2.08. The van der Waals surface area contributed by atoms with Crippen molar-refractivity contribution in [2.45, 2.75) is 32.1 Å². The van der Waals surface area contributed by atoms with Crippen molar-refractivity contribution in [1.29, 1.82) is 0 Å². The minimum Gasteiger partial charge on any atom is -0.292 e. The fourth-order valence-electron chi connectivity index (χ4n) is 3.76. The Hall–Kier alpha value is -1.23. The summed E-state index contributed by atoms with van der Waals surface area (Å²) < 4.78 is 51.5. The Labute approximate surface area is 149 Å². The molecule has 2 aliphatic heterocycles. The van der Waals surface area contributed by atoms with Crippen LogP contribution in [0.4, 0.5) is 0 Å². The molecule has 0 unspecified atom stereocenters. The van der Waals surface area contributed by atoms with E-state index in [4.69, 9.17) is 0 Å². The number of aryl methyl sites for hydroxylation is 1. The van der Waals surface area contributed by atoms with Crippen molar-refractivity contribution >= 4 is 19.9 Å². The van der Waals surface area contributed by atoms with Crippen molar-refractivity contribution < 1.29 is 16.8 Å². The molecule has 2 saturated heterocycles. The number of piperazine rings is 1. The van der Waals surface area contributed by atoms with Crippen molar-refractivity contribution in [2.75, 3.05) is 30.9 Å². The number of rotatable bonds is 5. The molecule has 0 aliphatic carbocycles. The smallest absolute Gasteiger partial charge is 0.211 e. The molecule has 0 amide bonds. The molecular formula is C15H24N4O4S2. The molecule has 3 heterocycles. The van der Waals surface area contributed by atoms with Gasteiger partial charge in [-0.15, -0.1) is 6.58 Å². The molecule has 10 heteroatoms. The Balaban J connectivity index is 1.85. The molecule has 1 aromatic heterocycles. The summed E-state index contributed by atoms with van der Waals surface area (Å²) in [5, 5.41) is 4.43. The van der Waals surface area contributed by atoms with Gasteiger partial charge in [0.2, 0.25) is 10.0 Å². The molecule has 2 aliphatic rings. The summed E-state index contributed by atoms with van der Waals surface area (Å²) in [6.07, 6.45) is 4.85. The number of hydrogen-bond acceptors (Lipinski definition) is 6. The highest BCUT2D eigenvalue weighted by molar-refractivity contribution is 7.92. The Morgan fingerprint density at radius 3 is 2.64 bits per heavy atom. The predicted octanol–water partition coefficient (Wildman–Crippen LogP) is -0.380. The van der Waals surface area contributed by atoms with Gasteiger partial charge in [0, 0.05) is 37.4 Å². The zero-order valence-corrected chi connectivity index (χ0v) is 16.1. The fraction of sp³-hybridized carbons (Fsp3) is 0.667. The number of fused-ring (bicyclic) bond motifs is 1. The van der Waals surface area contributed by atoms with Crippen LogP contribution in [0.25, 0.3) is 0 Å². The molecule has 25 heavy (non-hydrogen) atoms. The van der Waals surface area contributed by atoms with E-state index >= 15 is 0 Å². The first-order valence-corrected chi connectivity index (χ1v) is 11.8. The number of allylic oxidation sites excluding steroid dienone is 1. The number of sulfonamides is 1. The molecule has 1 aromatic rings. The van der Waals surface area contributed by atoms with E-state index in [9.17, 15) is 16.8 Å². The summed E-state index contributed by atoms with van der Waals surface area (Å²) in [5.41, 5.74) is 1.92. The van der Waals surface area contributed by atoms with E-state index in [1.165, 1.54) is 4.31 Å². The van der Waals surface area contributed by atoms with E-state index in [1.807, 2.05) is 13.1 Å². The molecule has 0 radical (unpaired) electrons. The van der Waals surface area contributed by atoms with Crippen molar-refractivity contribution in [3.05, 3.63) is 30.1 Å². The number of aromatic nitrogens is 2. The van der Waals surface area contributed by atoms with Crippen LogP contribution in [-0.2, 0) is 33.0 Å². The first-order valence-electron chi connectivity index (χ1n) is 8.16. The van der Waals surface area contributed by atoms with Crippen molar-refractivity contribution in [1.82, 2.24) is 19.0 Å². The van der Waals surface area contributed by atoms with Gasteiger partial charge < -0.3 is 0 Å². The highest BCUT2D eigenvalue weighted by Crippen LogP contribution is 2.30. The van der Waals surface area contributed by atoms with Gasteiger partial charge in [-0.1, -0.05) is 6.08 Å². The lowest BCUT2D eigenvalue weighted by Gasteiger charge is -2.42. The highest BCUT2D eigenvalue weighted by Gasteiger charge is 2.49. The molecule has 0 saturated carbocycles. The standard InChI is InChI=1S/C15H24N4O4S2/c1-4-5-18-9-13(12(2)16-18)8-17-6-7-19(24(3,20)21)15-11-25(22,23)10-14(15)17/h4,9,14-15H,1,5-8,10-11H2,2-3H3/t14-,15+/m0/s1. The maximum Gasteiger partial charge on any atom is 0.211 e. The van der Waals surface area contributed by atoms with Crippen LogP contribution in [0.3, 0.4) is 0 Å². The Bertz CT molecular complexity index is 875. The average Bonchev–Trinajstić information content (AvgIpc) is 2.97. The summed E-state index contributed by atoms with van der Waals surface area (Å²) in [7, 11) is -6.67. The third kappa shape index (κ3) is 3.81. The molecule has 3 rings (SSSR count). The lowest BCUT2D eigenvalue weighted by molar-refractivity contribution is 0.0893. The molecule has 2 atom stereocenters. The van der Waals surface area contributed by atoms with Gasteiger partial charge >= 0.3 is 0 Å². The second-order valence-electron chi connectivity index (χ2n) is 6.81. The summed E-state index contributed by atoms with van der Waals surface area (Å²) in [6.45, 7) is 7.63. The molecule has 0 N–H and O–H groups in total. The normalized spacial score (nSPS) is 27.3. The SMILES string of the molecule is C=CCn1cc(CN2CCN(S(C)(=O)=O)[C@@H]3CS(=O)(=O)C[C@@H]32)c(C)n1. The lowest BCUT2D eigenvalue weighted by atomic mass is 10.1. The topological polar surface area (TPSA) is 92.6 Å². The Morgan fingerprint density at radius 1 is 1.32 bits per heavy atom. The third-order valence-electron chi connectivity index (χ3n) is 4.90. The fourth-order valence-corrected chi connectivity index (χ4v) is 6.99. The van der Waals surface area contributed by atoms with Gasteiger partial charge in [0.05, 0.1) is 36.0 Å². The number of nitrogens with zero attached hydrogens (tertiary/aromatic N) is 4. The van der Waals surface area contributed by atoms with Crippen LogP contribution in [0.1, 0.15) is 11.3 Å². The van der Waals surface area contributed by atoms with Gasteiger partial charge in [0.25, 0.3) is 0 Å². The van der Waals surface area contributed by atoms with Gasteiger partial charge in [-0.2, -0.15) is 9.40 Å². The van der Waals surface area contributed by atoms with E-state index in [1.54, 1.807) is 10.8 Å². The molecule has 2 fully saturated rings. The molecule has 8 nitrogen and oxygen atoms in total. The quantitative estimate of drug-likeness (QED) is 0.639. The molecule has 0 bridgehead atoms. The van der Waals surface area contributed by atoms with Crippen LogP contribution in [0.5, 0.6) is 0 Å². The lowest BCUT2D eigenvalue weighted by Crippen LogP contribution is -2.59. The zero-order valence-electron chi connectivity index (χ0n) is 14.5. The van der Waals surface area contributed by atoms with Gasteiger partial charge in [-0.3, -0.25) is 9.58 Å². The minimum absolute atomic E-state index is 0.00350. The van der Waals surface area contributed by atoms with Crippen LogP contribution in [0.2, 0.25) is 0 Å². The second-order valence-corrected chi connectivity index (χ2v) is 10.9. The van der Waals surface area contributed by atoms with Crippen LogP contribution in [0, 0.1) is 6.92 Å². The third-order valence-corrected chi connectivity index (χ3v) is 7.91. The number of sulfone groups is 1.